The van der Waals surface area contributed by atoms with Gasteiger partial charge in [0.1, 0.15) is 23.1 Å². The lowest BCUT2D eigenvalue weighted by atomic mass is 10.0. The first kappa shape index (κ1) is 22.5. The molecule has 0 unspecified atom stereocenters. The number of hydrogen-bond donors (Lipinski definition) is 4. The minimum Gasteiger partial charge on any atom is -0.508 e. The first-order valence-electron chi connectivity index (χ1n) is 8.77. The number of azo groups is 1. The Hall–Kier alpha value is -3.79. The number of carboxylic acids is 2. The molecule has 0 saturated carbocycles. The number of carbonyl (C=O) groups is 3. The number of phenols is 1. The second kappa shape index (κ2) is 9.14. The third kappa shape index (κ3) is 5.85. The number of esters is 1. The van der Waals surface area contributed by atoms with Gasteiger partial charge < -0.3 is 25.8 Å². The van der Waals surface area contributed by atoms with Crippen LogP contribution in [0.15, 0.2) is 52.7 Å². The molecule has 0 radical (unpaired) electrons. The van der Waals surface area contributed by atoms with Crippen molar-refractivity contribution in [2.24, 2.45) is 16.0 Å². The summed E-state index contributed by atoms with van der Waals surface area (Å²) in [6, 6.07) is 8.56. The van der Waals surface area contributed by atoms with Gasteiger partial charge in [-0.3, -0.25) is 4.79 Å². The zero-order valence-electron chi connectivity index (χ0n) is 16.3. The van der Waals surface area contributed by atoms with Crippen molar-refractivity contribution in [2.75, 3.05) is 0 Å². The summed E-state index contributed by atoms with van der Waals surface area (Å²) in [5.74, 6) is -3.53. The molecule has 2 rings (SSSR count). The van der Waals surface area contributed by atoms with Crippen LogP contribution in [0.25, 0.3) is 0 Å². The number of nitrogens with zero attached hydrogens (tertiary/aromatic N) is 2. The van der Waals surface area contributed by atoms with Gasteiger partial charge in [-0.15, -0.1) is 5.11 Å². The number of rotatable bonds is 8. The van der Waals surface area contributed by atoms with E-state index >= 15 is 0 Å². The number of benzene rings is 2. The Morgan fingerprint density at radius 2 is 1.77 bits per heavy atom. The molecule has 0 heterocycles. The van der Waals surface area contributed by atoms with Gasteiger partial charge in [-0.25, -0.2) is 9.59 Å². The van der Waals surface area contributed by atoms with E-state index in [0.717, 1.165) is 0 Å². The highest BCUT2D eigenvalue weighted by molar-refractivity contribution is 5.93. The summed E-state index contributed by atoms with van der Waals surface area (Å²) in [5.41, 5.74) is 4.87. The predicted octanol–water partition coefficient (Wildman–Crippen LogP) is 3.30. The molecular formula is C20H21N3O7. The summed E-state index contributed by atoms with van der Waals surface area (Å²) in [5, 5.41) is 36.0. The molecule has 0 amide bonds. The molecule has 0 fully saturated rings. The lowest BCUT2D eigenvalue weighted by Gasteiger charge is -2.25. The first-order valence-corrected chi connectivity index (χ1v) is 8.77. The van der Waals surface area contributed by atoms with E-state index in [4.69, 9.17) is 15.6 Å². The molecule has 0 aliphatic heterocycles. The fraction of sp³-hybridized carbons (Fsp3) is 0.250. The normalized spacial score (nSPS) is 12.5. The first-order chi connectivity index (χ1) is 14.0. The van der Waals surface area contributed by atoms with E-state index in [9.17, 15) is 24.6 Å². The monoisotopic (exact) mass is 415 g/mol. The molecule has 5 N–H and O–H groups in total. The van der Waals surface area contributed by atoms with Crippen LogP contribution in [0.1, 0.15) is 42.2 Å². The van der Waals surface area contributed by atoms with Crippen molar-refractivity contribution in [3.8, 4) is 5.75 Å². The summed E-state index contributed by atoms with van der Waals surface area (Å²) in [4.78, 5) is 34.4. The number of carboxylic acid groups (broad SMARTS) is 2. The smallest absolute Gasteiger partial charge is 0.337 e. The van der Waals surface area contributed by atoms with Crippen LogP contribution in [0.2, 0.25) is 0 Å². The molecule has 0 spiro atoms. The van der Waals surface area contributed by atoms with E-state index in [1.54, 1.807) is 12.1 Å². The Bertz CT molecular complexity index is 1000. The van der Waals surface area contributed by atoms with Crippen molar-refractivity contribution >= 4 is 29.3 Å². The highest BCUT2D eigenvalue weighted by Crippen LogP contribution is 2.31. The third-order valence-corrected chi connectivity index (χ3v) is 3.96. The van der Waals surface area contributed by atoms with Crippen molar-refractivity contribution in [1.29, 1.82) is 0 Å². The largest absolute Gasteiger partial charge is 0.508 e. The van der Waals surface area contributed by atoms with E-state index in [0.29, 0.717) is 0 Å². The summed E-state index contributed by atoms with van der Waals surface area (Å²) < 4.78 is 5.16. The van der Waals surface area contributed by atoms with Gasteiger partial charge in [-0.05, 0) is 44.2 Å². The molecule has 158 valence electrons. The SMILES string of the molecule is CC(C)(CC(=O)O)OC(=O)[C@H](N)c1cc(/N=N/c2ccccc2C(=O)O)ccc1O. The van der Waals surface area contributed by atoms with Crippen LogP contribution >= 0.6 is 0 Å². The number of carbonyl (C=O) groups excluding carboxylic acids is 1. The van der Waals surface area contributed by atoms with E-state index < -0.39 is 36.0 Å². The number of ether oxygens (including phenoxy) is 1. The highest BCUT2D eigenvalue weighted by Gasteiger charge is 2.30. The highest BCUT2D eigenvalue weighted by atomic mass is 16.6. The molecule has 2 aromatic rings. The summed E-state index contributed by atoms with van der Waals surface area (Å²) in [7, 11) is 0. The van der Waals surface area contributed by atoms with Crippen LogP contribution in [0.3, 0.4) is 0 Å². The van der Waals surface area contributed by atoms with Gasteiger partial charge in [-0.1, -0.05) is 12.1 Å². The Balaban J connectivity index is 2.26. The van der Waals surface area contributed by atoms with Crippen molar-refractivity contribution in [3.05, 3.63) is 53.6 Å². The molecule has 0 aliphatic rings. The van der Waals surface area contributed by atoms with Gasteiger partial charge in [0.05, 0.1) is 17.7 Å². The molecule has 1 atom stereocenters. The zero-order valence-corrected chi connectivity index (χ0v) is 16.3. The Morgan fingerprint density at radius 1 is 1.10 bits per heavy atom. The van der Waals surface area contributed by atoms with Gasteiger partial charge in [0.15, 0.2) is 0 Å². The molecule has 30 heavy (non-hydrogen) atoms. The minimum atomic E-state index is -1.40. The third-order valence-electron chi connectivity index (χ3n) is 3.96. The van der Waals surface area contributed by atoms with Crippen LogP contribution < -0.4 is 5.73 Å². The number of aliphatic carboxylic acids is 1. The molecular weight excluding hydrogens is 394 g/mol. The molecule has 10 heteroatoms. The van der Waals surface area contributed by atoms with Gasteiger partial charge in [0.25, 0.3) is 0 Å². The maximum atomic E-state index is 12.3. The molecule has 2 aromatic carbocycles. The zero-order chi connectivity index (χ0) is 22.5. The van der Waals surface area contributed by atoms with Crippen LogP contribution in [0, 0.1) is 0 Å². The minimum absolute atomic E-state index is 0.00547. The van der Waals surface area contributed by atoms with Gasteiger partial charge in [-0.2, -0.15) is 5.11 Å². The number of aromatic carboxylic acids is 1. The van der Waals surface area contributed by atoms with Gasteiger partial charge in [0, 0.05) is 5.56 Å². The molecule has 0 saturated heterocycles. The average Bonchev–Trinajstić information content (AvgIpc) is 2.65. The quantitative estimate of drug-likeness (QED) is 0.375. The molecule has 0 bridgehead atoms. The van der Waals surface area contributed by atoms with Gasteiger partial charge >= 0.3 is 17.9 Å². The number of phenolic OH excluding ortho intramolecular Hbond substituents is 1. The molecule has 0 aromatic heterocycles. The predicted molar refractivity (Wildman–Crippen MR) is 105 cm³/mol. The number of hydrogen-bond acceptors (Lipinski definition) is 8. The molecule has 0 aliphatic carbocycles. The average molecular weight is 415 g/mol. The number of aromatic hydroxyl groups is 1. The van der Waals surface area contributed by atoms with Crippen LogP contribution in [0.5, 0.6) is 5.75 Å². The second-order valence-electron chi connectivity index (χ2n) is 6.99. The molecule has 10 nitrogen and oxygen atoms in total. The lowest BCUT2D eigenvalue weighted by molar-refractivity contribution is -0.162. The summed E-state index contributed by atoms with van der Waals surface area (Å²) >= 11 is 0. The van der Waals surface area contributed by atoms with Gasteiger partial charge in [0.2, 0.25) is 0 Å². The topological polar surface area (TPSA) is 172 Å². The van der Waals surface area contributed by atoms with Crippen LogP contribution in [-0.4, -0.2) is 38.8 Å². The van der Waals surface area contributed by atoms with Crippen molar-refractivity contribution in [3.63, 3.8) is 0 Å². The Kier molecular flexibility index (Phi) is 6.85. The summed E-state index contributed by atoms with van der Waals surface area (Å²) in [6.45, 7) is 2.85. The maximum Gasteiger partial charge on any atom is 0.337 e. The van der Waals surface area contributed by atoms with E-state index in [-0.39, 0.29) is 28.3 Å². The fourth-order valence-corrected chi connectivity index (χ4v) is 2.57. The van der Waals surface area contributed by atoms with E-state index in [2.05, 4.69) is 10.2 Å². The Morgan fingerprint density at radius 3 is 2.40 bits per heavy atom. The maximum absolute atomic E-state index is 12.3. The fourth-order valence-electron chi connectivity index (χ4n) is 2.57. The van der Waals surface area contributed by atoms with Crippen molar-refractivity contribution < 1.29 is 34.4 Å². The summed E-state index contributed by atoms with van der Waals surface area (Å²) in [6.07, 6.45) is -0.422. The number of nitrogens with two attached hydrogens (primary N) is 1. The van der Waals surface area contributed by atoms with Crippen molar-refractivity contribution in [2.45, 2.75) is 31.9 Å². The van der Waals surface area contributed by atoms with E-state index in [1.807, 2.05) is 0 Å². The van der Waals surface area contributed by atoms with Crippen LogP contribution in [0.4, 0.5) is 11.4 Å². The lowest BCUT2D eigenvalue weighted by Crippen LogP contribution is -2.35. The van der Waals surface area contributed by atoms with Crippen molar-refractivity contribution in [1.82, 2.24) is 0 Å². The standard InChI is InChI=1S/C20H21N3O7/c1-20(2,10-16(25)26)30-19(29)17(21)13-9-11(7-8-15(13)24)22-23-14-6-4-3-5-12(14)18(27)28/h3-9,17,24H,10,21H2,1-2H3,(H,25,26)(H,27,28)/b23-22+/t17-/m1/s1. The van der Waals surface area contributed by atoms with E-state index in [1.165, 1.54) is 44.2 Å². The second-order valence-corrected chi connectivity index (χ2v) is 6.99. The Labute approximate surface area is 171 Å². The van der Waals surface area contributed by atoms with Crippen LogP contribution in [-0.2, 0) is 14.3 Å².